The van der Waals surface area contributed by atoms with Crippen LogP contribution in [0.5, 0.6) is 0 Å². The second-order valence-corrected chi connectivity index (χ2v) is 6.09. The lowest BCUT2D eigenvalue weighted by atomic mass is 9.95. The average molecular weight is 253 g/mol. The highest BCUT2D eigenvalue weighted by atomic mass is 32.1. The smallest absolute Gasteiger partial charge is 0.0928 e. The van der Waals surface area contributed by atoms with E-state index in [0.29, 0.717) is 12.0 Å². The molecular weight excluding hydrogens is 230 g/mol. The Balaban J connectivity index is 1.87. The van der Waals surface area contributed by atoms with E-state index in [1.165, 1.54) is 17.1 Å². The van der Waals surface area contributed by atoms with Crippen molar-refractivity contribution in [1.29, 1.82) is 0 Å². The van der Waals surface area contributed by atoms with Crippen LogP contribution in [0.3, 0.4) is 0 Å². The van der Waals surface area contributed by atoms with Crippen LogP contribution in [0.2, 0.25) is 0 Å². The SMILES string of the molecule is CCCc1nc(CN2CCC(N)C(C)C2)cs1. The lowest BCUT2D eigenvalue weighted by Gasteiger charge is -2.34. The van der Waals surface area contributed by atoms with Crippen LogP contribution in [0.4, 0.5) is 0 Å². The van der Waals surface area contributed by atoms with Gasteiger partial charge in [-0.1, -0.05) is 13.8 Å². The molecule has 3 nitrogen and oxygen atoms in total. The molecule has 1 fully saturated rings. The van der Waals surface area contributed by atoms with Crippen molar-refractivity contribution in [1.82, 2.24) is 9.88 Å². The Morgan fingerprint density at radius 2 is 2.41 bits per heavy atom. The molecule has 1 aliphatic rings. The third-order valence-electron chi connectivity index (χ3n) is 3.50. The molecule has 96 valence electrons. The highest BCUT2D eigenvalue weighted by Gasteiger charge is 2.23. The molecule has 1 aliphatic heterocycles. The molecule has 0 saturated carbocycles. The van der Waals surface area contributed by atoms with Gasteiger partial charge in [0.25, 0.3) is 0 Å². The fraction of sp³-hybridized carbons (Fsp3) is 0.769. The summed E-state index contributed by atoms with van der Waals surface area (Å²) in [5.41, 5.74) is 7.27. The van der Waals surface area contributed by atoms with Gasteiger partial charge < -0.3 is 5.73 Å². The summed E-state index contributed by atoms with van der Waals surface area (Å²) in [5.74, 6) is 0.609. The Hall–Kier alpha value is -0.450. The summed E-state index contributed by atoms with van der Waals surface area (Å²) in [7, 11) is 0. The zero-order valence-corrected chi connectivity index (χ0v) is 11.7. The van der Waals surface area contributed by atoms with Crippen LogP contribution in [0.25, 0.3) is 0 Å². The van der Waals surface area contributed by atoms with Gasteiger partial charge in [-0.15, -0.1) is 11.3 Å². The number of hydrogen-bond acceptors (Lipinski definition) is 4. The summed E-state index contributed by atoms with van der Waals surface area (Å²) in [6, 6.07) is 0.386. The Bertz CT molecular complexity index is 350. The molecule has 2 N–H and O–H groups in total. The molecule has 2 heterocycles. The molecule has 1 saturated heterocycles. The second kappa shape index (κ2) is 5.94. The largest absolute Gasteiger partial charge is 0.327 e. The molecule has 2 unspecified atom stereocenters. The molecule has 0 radical (unpaired) electrons. The van der Waals surface area contributed by atoms with Crippen molar-refractivity contribution >= 4 is 11.3 Å². The highest BCUT2D eigenvalue weighted by Crippen LogP contribution is 2.19. The summed E-state index contributed by atoms with van der Waals surface area (Å²) in [4.78, 5) is 7.17. The minimum Gasteiger partial charge on any atom is -0.327 e. The number of nitrogens with zero attached hydrogens (tertiary/aromatic N) is 2. The molecule has 0 amide bonds. The number of likely N-dealkylation sites (tertiary alicyclic amines) is 1. The fourth-order valence-electron chi connectivity index (χ4n) is 2.37. The van der Waals surface area contributed by atoms with Gasteiger partial charge in [-0.05, 0) is 25.2 Å². The number of aromatic nitrogens is 1. The molecule has 0 spiro atoms. The monoisotopic (exact) mass is 253 g/mol. The van der Waals surface area contributed by atoms with E-state index >= 15 is 0 Å². The average Bonchev–Trinajstić information content (AvgIpc) is 2.72. The number of thiazole rings is 1. The van der Waals surface area contributed by atoms with Crippen molar-refractivity contribution in [2.24, 2.45) is 11.7 Å². The van der Waals surface area contributed by atoms with Crippen LogP contribution in [-0.4, -0.2) is 29.0 Å². The summed E-state index contributed by atoms with van der Waals surface area (Å²) in [6.07, 6.45) is 3.42. The van der Waals surface area contributed by atoms with Crippen LogP contribution in [-0.2, 0) is 13.0 Å². The van der Waals surface area contributed by atoms with E-state index in [9.17, 15) is 0 Å². The second-order valence-electron chi connectivity index (χ2n) is 5.15. The molecule has 2 atom stereocenters. The van der Waals surface area contributed by atoms with Crippen LogP contribution in [0, 0.1) is 5.92 Å². The van der Waals surface area contributed by atoms with E-state index in [0.717, 1.165) is 32.5 Å². The molecule has 4 heteroatoms. The molecular formula is C13H23N3S. The lowest BCUT2D eigenvalue weighted by Crippen LogP contribution is -2.45. The number of rotatable bonds is 4. The molecule has 2 rings (SSSR count). The fourth-order valence-corrected chi connectivity index (χ4v) is 3.26. The van der Waals surface area contributed by atoms with Gasteiger partial charge in [-0.3, -0.25) is 4.90 Å². The minimum absolute atomic E-state index is 0.386. The van der Waals surface area contributed by atoms with Crippen LogP contribution in [0.1, 0.15) is 37.4 Å². The summed E-state index contributed by atoms with van der Waals surface area (Å²) < 4.78 is 0. The number of aryl methyl sites for hydroxylation is 1. The van der Waals surface area contributed by atoms with Gasteiger partial charge in [0, 0.05) is 31.1 Å². The van der Waals surface area contributed by atoms with E-state index in [-0.39, 0.29) is 0 Å². The normalized spacial score (nSPS) is 26.3. The number of piperidine rings is 1. The molecule has 1 aromatic heterocycles. The molecule has 0 aromatic carbocycles. The van der Waals surface area contributed by atoms with Gasteiger partial charge in [0.2, 0.25) is 0 Å². The highest BCUT2D eigenvalue weighted by molar-refractivity contribution is 7.09. The summed E-state index contributed by atoms with van der Waals surface area (Å²) in [5, 5.41) is 3.49. The maximum atomic E-state index is 6.04. The van der Waals surface area contributed by atoms with Crippen molar-refractivity contribution in [3.8, 4) is 0 Å². The van der Waals surface area contributed by atoms with E-state index in [1.807, 2.05) is 0 Å². The third kappa shape index (κ3) is 3.50. The molecule has 0 bridgehead atoms. The van der Waals surface area contributed by atoms with Crippen LogP contribution >= 0.6 is 11.3 Å². The van der Waals surface area contributed by atoms with E-state index < -0.39 is 0 Å². The first kappa shape index (κ1) is 13.0. The van der Waals surface area contributed by atoms with E-state index in [1.54, 1.807) is 11.3 Å². The lowest BCUT2D eigenvalue weighted by molar-refractivity contribution is 0.156. The third-order valence-corrected chi connectivity index (χ3v) is 4.46. The summed E-state index contributed by atoms with van der Waals surface area (Å²) in [6.45, 7) is 7.68. The predicted octanol–water partition coefficient (Wildman–Crippen LogP) is 2.26. The van der Waals surface area contributed by atoms with Crippen molar-refractivity contribution in [2.45, 2.75) is 45.7 Å². The first-order valence-corrected chi connectivity index (χ1v) is 7.48. The topological polar surface area (TPSA) is 42.2 Å². The first-order valence-electron chi connectivity index (χ1n) is 6.60. The molecule has 1 aromatic rings. The Morgan fingerprint density at radius 1 is 1.59 bits per heavy atom. The van der Waals surface area contributed by atoms with Crippen molar-refractivity contribution in [3.63, 3.8) is 0 Å². The maximum absolute atomic E-state index is 6.04. The standard InChI is InChI=1S/C13H23N3S/c1-3-4-13-15-11(9-17-13)8-16-6-5-12(14)10(2)7-16/h9-10,12H,3-8,14H2,1-2H3. The van der Waals surface area contributed by atoms with Gasteiger partial charge in [0.15, 0.2) is 0 Å². The van der Waals surface area contributed by atoms with E-state index in [4.69, 9.17) is 5.73 Å². The van der Waals surface area contributed by atoms with Crippen LogP contribution in [0.15, 0.2) is 5.38 Å². The zero-order chi connectivity index (χ0) is 12.3. The van der Waals surface area contributed by atoms with Crippen molar-refractivity contribution in [3.05, 3.63) is 16.1 Å². The quantitative estimate of drug-likeness (QED) is 0.895. The number of hydrogen-bond donors (Lipinski definition) is 1. The minimum atomic E-state index is 0.386. The van der Waals surface area contributed by atoms with Gasteiger partial charge in [-0.2, -0.15) is 0 Å². The van der Waals surface area contributed by atoms with Crippen LogP contribution < -0.4 is 5.73 Å². The van der Waals surface area contributed by atoms with Crippen molar-refractivity contribution < 1.29 is 0 Å². The van der Waals surface area contributed by atoms with Gasteiger partial charge >= 0.3 is 0 Å². The van der Waals surface area contributed by atoms with Gasteiger partial charge in [0.05, 0.1) is 10.7 Å². The first-order chi connectivity index (χ1) is 8.19. The van der Waals surface area contributed by atoms with Gasteiger partial charge in [0.1, 0.15) is 0 Å². The Labute approximate surface area is 108 Å². The number of nitrogens with two attached hydrogens (primary N) is 1. The zero-order valence-electron chi connectivity index (χ0n) is 10.9. The predicted molar refractivity (Wildman–Crippen MR) is 73.1 cm³/mol. The Kier molecular flexibility index (Phi) is 4.54. The maximum Gasteiger partial charge on any atom is 0.0928 e. The van der Waals surface area contributed by atoms with E-state index in [2.05, 4.69) is 29.1 Å². The Morgan fingerprint density at radius 3 is 3.12 bits per heavy atom. The van der Waals surface area contributed by atoms with Gasteiger partial charge in [-0.25, -0.2) is 4.98 Å². The molecule has 17 heavy (non-hydrogen) atoms. The molecule has 0 aliphatic carbocycles. The van der Waals surface area contributed by atoms with Crippen molar-refractivity contribution in [2.75, 3.05) is 13.1 Å². The summed E-state index contributed by atoms with van der Waals surface area (Å²) >= 11 is 1.80.